The molecule has 6 heteroatoms. The van der Waals surface area contributed by atoms with E-state index in [0.29, 0.717) is 25.4 Å². The molecule has 0 saturated carbocycles. The highest BCUT2D eigenvalue weighted by molar-refractivity contribution is 5.80. The van der Waals surface area contributed by atoms with Crippen LogP contribution in [0.25, 0.3) is 0 Å². The average molecular weight is 404 g/mol. The highest BCUT2D eigenvalue weighted by atomic mass is 16.5. The summed E-state index contributed by atoms with van der Waals surface area (Å²) in [5.41, 5.74) is 2.40. The summed E-state index contributed by atoms with van der Waals surface area (Å²) in [5.74, 6) is 1.00. The molecule has 2 aliphatic heterocycles. The van der Waals surface area contributed by atoms with Gasteiger partial charge in [0.2, 0.25) is 0 Å². The van der Waals surface area contributed by atoms with Gasteiger partial charge in [0.1, 0.15) is 0 Å². The lowest BCUT2D eigenvalue weighted by atomic mass is 10.1. The van der Waals surface area contributed by atoms with E-state index in [4.69, 9.17) is 19.2 Å². The number of nitrogens with zero attached hydrogens (tertiary/aromatic N) is 2. The third-order valence-corrected chi connectivity index (χ3v) is 5.61. The van der Waals surface area contributed by atoms with Gasteiger partial charge < -0.3 is 24.4 Å². The summed E-state index contributed by atoms with van der Waals surface area (Å²) in [7, 11) is 1.72. The van der Waals surface area contributed by atoms with Crippen molar-refractivity contribution < 1.29 is 14.2 Å². The summed E-state index contributed by atoms with van der Waals surface area (Å²) >= 11 is 0. The summed E-state index contributed by atoms with van der Waals surface area (Å²) < 4.78 is 17.1. The largest absolute Gasteiger partial charge is 0.380 e. The fraction of sp³-hybridized carbons (Fsp3) is 0.696. The second kappa shape index (κ2) is 12.2. The Labute approximate surface area is 175 Å². The number of piperidine rings is 1. The van der Waals surface area contributed by atoms with E-state index in [2.05, 4.69) is 41.4 Å². The quantitative estimate of drug-likeness (QED) is 0.533. The highest BCUT2D eigenvalue weighted by Gasteiger charge is 2.23. The predicted molar refractivity (Wildman–Crippen MR) is 116 cm³/mol. The Morgan fingerprint density at radius 1 is 1.14 bits per heavy atom. The first kappa shape index (κ1) is 22.1. The van der Waals surface area contributed by atoms with Gasteiger partial charge in [-0.25, -0.2) is 4.99 Å². The Balaban J connectivity index is 1.45. The first-order chi connectivity index (χ1) is 14.3. The lowest BCUT2D eigenvalue weighted by Gasteiger charge is -2.35. The molecule has 6 nitrogen and oxygen atoms in total. The van der Waals surface area contributed by atoms with E-state index in [1.54, 1.807) is 7.11 Å². The molecule has 0 aliphatic carbocycles. The third-order valence-electron chi connectivity index (χ3n) is 5.61. The number of benzene rings is 1. The Kier molecular flexibility index (Phi) is 9.25. The Hall–Kier alpha value is -1.63. The molecule has 1 atom stereocenters. The van der Waals surface area contributed by atoms with E-state index in [9.17, 15) is 0 Å². The van der Waals surface area contributed by atoms with Gasteiger partial charge in [-0.2, -0.15) is 0 Å². The van der Waals surface area contributed by atoms with Crippen LogP contribution in [0.1, 0.15) is 50.2 Å². The molecule has 1 unspecified atom stereocenters. The highest BCUT2D eigenvalue weighted by Crippen LogP contribution is 2.18. The Morgan fingerprint density at radius 3 is 2.55 bits per heavy atom. The number of likely N-dealkylation sites (tertiary alicyclic amines) is 1. The molecule has 1 aromatic carbocycles. The first-order valence-electron chi connectivity index (χ1n) is 11.1. The summed E-state index contributed by atoms with van der Waals surface area (Å²) in [4.78, 5) is 7.23. The zero-order chi connectivity index (χ0) is 20.3. The number of hydrogen-bond acceptors (Lipinski definition) is 4. The zero-order valence-electron chi connectivity index (χ0n) is 18.1. The van der Waals surface area contributed by atoms with E-state index in [1.165, 1.54) is 24.0 Å². The van der Waals surface area contributed by atoms with Gasteiger partial charge in [-0.15, -0.1) is 0 Å². The van der Waals surface area contributed by atoms with Crippen molar-refractivity contribution in [2.24, 2.45) is 4.99 Å². The van der Waals surface area contributed by atoms with Crippen molar-refractivity contribution in [2.45, 2.75) is 64.4 Å². The van der Waals surface area contributed by atoms with Crippen LogP contribution in [0.4, 0.5) is 0 Å². The maximum Gasteiger partial charge on any atom is 0.194 e. The topological polar surface area (TPSA) is 55.3 Å². The molecular weight excluding hydrogens is 366 g/mol. The average Bonchev–Trinajstić information content (AvgIpc) is 2.77. The van der Waals surface area contributed by atoms with Crippen LogP contribution < -0.4 is 5.32 Å². The second-order valence-electron chi connectivity index (χ2n) is 7.93. The van der Waals surface area contributed by atoms with E-state index < -0.39 is 0 Å². The van der Waals surface area contributed by atoms with Gasteiger partial charge in [0, 0.05) is 33.4 Å². The standard InChI is InChI=1S/C23H37N3O3/c1-3-24-23(25-16-19-7-9-20(10-8-19)17-27-2)26-13-11-21(12-14-26)29-18-22-6-4-5-15-28-22/h7-10,21-22H,3-6,11-18H2,1-2H3,(H,24,25). The first-order valence-corrected chi connectivity index (χ1v) is 11.1. The smallest absolute Gasteiger partial charge is 0.194 e. The van der Waals surface area contributed by atoms with Crippen LogP contribution in [0.2, 0.25) is 0 Å². The number of hydrogen-bond donors (Lipinski definition) is 1. The molecule has 0 aromatic heterocycles. The molecule has 2 heterocycles. The van der Waals surface area contributed by atoms with Gasteiger partial charge in [-0.1, -0.05) is 24.3 Å². The predicted octanol–water partition coefficient (Wildman–Crippen LogP) is 3.35. The second-order valence-corrected chi connectivity index (χ2v) is 7.93. The SMILES string of the molecule is CCNC(=NCc1ccc(COC)cc1)N1CCC(OCC2CCCCO2)CC1. The molecule has 2 aliphatic rings. The number of rotatable bonds is 8. The minimum absolute atomic E-state index is 0.302. The molecule has 162 valence electrons. The monoisotopic (exact) mass is 403 g/mol. The van der Waals surface area contributed by atoms with Crippen molar-refractivity contribution >= 4 is 5.96 Å². The van der Waals surface area contributed by atoms with E-state index in [-0.39, 0.29) is 0 Å². The van der Waals surface area contributed by atoms with Gasteiger partial charge in [0.15, 0.2) is 5.96 Å². The molecule has 0 bridgehead atoms. The number of aliphatic imine (C=N–C) groups is 1. The van der Waals surface area contributed by atoms with Crippen molar-refractivity contribution in [3.63, 3.8) is 0 Å². The van der Waals surface area contributed by atoms with Gasteiger partial charge in [0.05, 0.1) is 32.0 Å². The molecule has 2 saturated heterocycles. The van der Waals surface area contributed by atoms with Crippen LogP contribution in [-0.4, -0.2) is 63.0 Å². The van der Waals surface area contributed by atoms with Crippen molar-refractivity contribution in [3.8, 4) is 0 Å². The molecule has 0 amide bonds. The molecular formula is C23H37N3O3. The molecule has 0 spiro atoms. The lowest BCUT2D eigenvalue weighted by Crippen LogP contribution is -2.47. The summed E-state index contributed by atoms with van der Waals surface area (Å²) in [6.07, 6.45) is 6.33. The summed E-state index contributed by atoms with van der Waals surface area (Å²) in [6, 6.07) is 8.49. The van der Waals surface area contributed by atoms with Crippen LogP contribution in [-0.2, 0) is 27.4 Å². The van der Waals surface area contributed by atoms with Crippen molar-refractivity contribution in [2.75, 3.05) is 40.0 Å². The van der Waals surface area contributed by atoms with Crippen LogP contribution in [0.15, 0.2) is 29.3 Å². The van der Waals surface area contributed by atoms with Crippen LogP contribution in [0.3, 0.4) is 0 Å². The Morgan fingerprint density at radius 2 is 1.90 bits per heavy atom. The molecule has 0 radical (unpaired) electrons. The van der Waals surface area contributed by atoms with E-state index in [1.807, 2.05) is 0 Å². The van der Waals surface area contributed by atoms with Crippen LogP contribution in [0, 0.1) is 0 Å². The fourth-order valence-corrected chi connectivity index (χ4v) is 3.92. The maximum atomic E-state index is 6.15. The summed E-state index contributed by atoms with van der Waals surface area (Å²) in [5, 5.41) is 3.45. The maximum absolute atomic E-state index is 6.15. The zero-order valence-corrected chi connectivity index (χ0v) is 18.1. The van der Waals surface area contributed by atoms with Crippen molar-refractivity contribution in [3.05, 3.63) is 35.4 Å². The third kappa shape index (κ3) is 7.28. The minimum atomic E-state index is 0.302. The number of nitrogens with one attached hydrogen (secondary N) is 1. The van der Waals surface area contributed by atoms with Gasteiger partial charge in [-0.3, -0.25) is 0 Å². The number of methoxy groups -OCH3 is 1. The minimum Gasteiger partial charge on any atom is -0.380 e. The van der Waals surface area contributed by atoms with Crippen LogP contribution in [0.5, 0.6) is 0 Å². The summed E-state index contributed by atoms with van der Waals surface area (Å²) in [6.45, 7) is 7.93. The van der Waals surface area contributed by atoms with Crippen molar-refractivity contribution in [1.82, 2.24) is 10.2 Å². The van der Waals surface area contributed by atoms with E-state index in [0.717, 1.165) is 58.1 Å². The van der Waals surface area contributed by atoms with Crippen molar-refractivity contribution in [1.29, 1.82) is 0 Å². The Bertz CT molecular complexity index is 606. The lowest BCUT2D eigenvalue weighted by molar-refractivity contribution is -0.0721. The molecule has 1 N–H and O–H groups in total. The molecule has 2 fully saturated rings. The fourth-order valence-electron chi connectivity index (χ4n) is 3.92. The van der Waals surface area contributed by atoms with Gasteiger partial charge in [0.25, 0.3) is 0 Å². The molecule has 3 rings (SSSR count). The molecule has 1 aromatic rings. The van der Waals surface area contributed by atoms with E-state index >= 15 is 0 Å². The van der Waals surface area contributed by atoms with Crippen LogP contribution >= 0.6 is 0 Å². The normalized spacial score (nSPS) is 21.4. The van der Waals surface area contributed by atoms with Gasteiger partial charge >= 0.3 is 0 Å². The number of ether oxygens (including phenoxy) is 3. The molecule has 29 heavy (non-hydrogen) atoms. The van der Waals surface area contributed by atoms with Gasteiger partial charge in [-0.05, 0) is 50.2 Å². The number of guanidine groups is 1.